The molecule has 1 aromatic carbocycles. The first-order valence-corrected chi connectivity index (χ1v) is 8.47. The molecule has 1 fully saturated rings. The van der Waals surface area contributed by atoms with Crippen molar-refractivity contribution in [3.63, 3.8) is 0 Å². The third-order valence-corrected chi connectivity index (χ3v) is 4.68. The van der Waals surface area contributed by atoms with Crippen molar-refractivity contribution in [1.82, 2.24) is 25.1 Å². The van der Waals surface area contributed by atoms with Crippen LogP contribution < -0.4 is 0 Å². The lowest BCUT2D eigenvalue weighted by molar-refractivity contribution is -0.130. The van der Waals surface area contributed by atoms with Gasteiger partial charge in [-0.1, -0.05) is 36.9 Å². The number of hydrogen-bond acceptors (Lipinski definition) is 5. The smallest absolute Gasteiger partial charge is 0.233 e. The van der Waals surface area contributed by atoms with Crippen LogP contribution in [0.25, 0.3) is 5.69 Å². The van der Waals surface area contributed by atoms with Gasteiger partial charge < -0.3 is 4.90 Å². The van der Waals surface area contributed by atoms with Crippen molar-refractivity contribution in [2.24, 2.45) is 5.92 Å². The number of piperidine rings is 1. The summed E-state index contributed by atoms with van der Waals surface area (Å²) in [5, 5.41) is 12.4. The van der Waals surface area contributed by atoms with E-state index in [-0.39, 0.29) is 5.91 Å². The summed E-state index contributed by atoms with van der Waals surface area (Å²) in [6.45, 7) is 3.93. The Hall–Kier alpha value is -1.89. The van der Waals surface area contributed by atoms with Gasteiger partial charge in [-0.15, -0.1) is 5.10 Å². The van der Waals surface area contributed by atoms with Crippen LogP contribution in [0, 0.1) is 5.92 Å². The molecule has 2 aromatic rings. The fourth-order valence-electron chi connectivity index (χ4n) is 2.63. The third-order valence-electron chi connectivity index (χ3n) is 3.78. The highest BCUT2D eigenvalue weighted by Gasteiger charge is 2.21. The predicted molar refractivity (Wildman–Crippen MR) is 84.9 cm³/mol. The molecule has 1 aliphatic heterocycles. The Morgan fingerprint density at radius 3 is 2.95 bits per heavy atom. The van der Waals surface area contributed by atoms with Crippen LogP contribution >= 0.6 is 11.8 Å². The SMILES string of the molecule is CC1CCCN(C(=O)CSc2nnnn2-c2ccccc2)C1. The number of tetrazole rings is 1. The number of aromatic nitrogens is 4. The van der Waals surface area contributed by atoms with E-state index >= 15 is 0 Å². The summed E-state index contributed by atoms with van der Waals surface area (Å²) in [6, 6.07) is 9.70. The van der Waals surface area contributed by atoms with Gasteiger partial charge in [0.1, 0.15) is 0 Å². The number of thioether (sulfide) groups is 1. The third kappa shape index (κ3) is 3.47. The van der Waals surface area contributed by atoms with Gasteiger partial charge in [0.25, 0.3) is 0 Å². The Bertz CT molecular complexity index is 630. The van der Waals surface area contributed by atoms with Crippen LogP contribution in [0.2, 0.25) is 0 Å². The lowest BCUT2D eigenvalue weighted by atomic mass is 10.0. The topological polar surface area (TPSA) is 63.9 Å². The summed E-state index contributed by atoms with van der Waals surface area (Å²) in [4.78, 5) is 14.3. The van der Waals surface area contributed by atoms with E-state index < -0.39 is 0 Å². The zero-order valence-electron chi connectivity index (χ0n) is 12.6. The number of likely N-dealkylation sites (tertiary alicyclic amines) is 1. The highest BCUT2D eigenvalue weighted by Crippen LogP contribution is 2.20. The number of nitrogens with zero attached hydrogens (tertiary/aromatic N) is 5. The molecule has 1 aliphatic rings. The van der Waals surface area contributed by atoms with E-state index in [9.17, 15) is 4.79 Å². The van der Waals surface area contributed by atoms with Gasteiger partial charge in [-0.2, -0.15) is 4.68 Å². The van der Waals surface area contributed by atoms with Gasteiger partial charge in [-0.05, 0) is 41.3 Å². The molecule has 0 aliphatic carbocycles. The fraction of sp³-hybridized carbons (Fsp3) is 0.467. The Kier molecular flexibility index (Phi) is 4.72. The Labute approximate surface area is 133 Å². The standard InChI is InChI=1S/C15H19N5OS/c1-12-6-5-9-19(10-12)14(21)11-22-15-16-17-18-20(15)13-7-3-2-4-8-13/h2-4,7-8,12H,5-6,9-11H2,1H3. The van der Waals surface area contributed by atoms with Crippen molar-refractivity contribution in [3.8, 4) is 5.69 Å². The van der Waals surface area contributed by atoms with Crippen LogP contribution in [0.15, 0.2) is 35.5 Å². The quantitative estimate of drug-likeness (QED) is 0.807. The van der Waals surface area contributed by atoms with Crippen LogP contribution in [-0.2, 0) is 4.79 Å². The summed E-state index contributed by atoms with van der Waals surface area (Å²) < 4.78 is 1.66. The molecule has 3 rings (SSSR count). The summed E-state index contributed by atoms with van der Waals surface area (Å²) in [5.74, 6) is 1.14. The molecule has 6 nitrogen and oxygen atoms in total. The highest BCUT2D eigenvalue weighted by atomic mass is 32.2. The number of carbonyl (C=O) groups is 1. The second-order valence-corrected chi connectivity index (χ2v) is 6.53. The van der Waals surface area contributed by atoms with Crippen molar-refractivity contribution < 1.29 is 4.79 Å². The zero-order chi connectivity index (χ0) is 15.4. The second kappa shape index (κ2) is 6.91. The van der Waals surface area contributed by atoms with Crippen LogP contribution in [0.4, 0.5) is 0 Å². The minimum atomic E-state index is 0.166. The number of amides is 1. The average Bonchev–Trinajstić information content (AvgIpc) is 3.02. The lowest BCUT2D eigenvalue weighted by Crippen LogP contribution is -2.40. The molecule has 7 heteroatoms. The number of rotatable bonds is 4. The second-order valence-electron chi connectivity index (χ2n) is 5.58. The van der Waals surface area contributed by atoms with Crippen LogP contribution in [0.1, 0.15) is 19.8 Å². The minimum Gasteiger partial charge on any atom is -0.342 e. The van der Waals surface area contributed by atoms with Crippen molar-refractivity contribution >= 4 is 17.7 Å². The normalized spacial score (nSPS) is 18.4. The molecule has 1 saturated heterocycles. The zero-order valence-corrected chi connectivity index (χ0v) is 13.4. The Morgan fingerprint density at radius 2 is 2.18 bits per heavy atom. The Balaban J connectivity index is 1.63. The van der Waals surface area contributed by atoms with Gasteiger partial charge in [0.2, 0.25) is 11.1 Å². The van der Waals surface area contributed by atoms with Gasteiger partial charge in [-0.25, -0.2) is 0 Å². The summed E-state index contributed by atoms with van der Waals surface area (Å²) >= 11 is 1.39. The fourth-order valence-corrected chi connectivity index (χ4v) is 3.43. The first kappa shape index (κ1) is 15.0. The number of para-hydroxylation sites is 1. The van der Waals surface area contributed by atoms with Gasteiger partial charge in [0, 0.05) is 13.1 Å². The minimum absolute atomic E-state index is 0.166. The maximum Gasteiger partial charge on any atom is 0.233 e. The van der Waals surface area contributed by atoms with Crippen molar-refractivity contribution in [2.75, 3.05) is 18.8 Å². The van der Waals surface area contributed by atoms with Crippen molar-refractivity contribution in [3.05, 3.63) is 30.3 Å². The summed E-state index contributed by atoms with van der Waals surface area (Å²) in [7, 11) is 0. The average molecular weight is 317 g/mol. The van der Waals surface area contributed by atoms with E-state index in [4.69, 9.17) is 0 Å². The number of benzene rings is 1. The maximum atomic E-state index is 12.3. The first-order valence-electron chi connectivity index (χ1n) is 7.48. The summed E-state index contributed by atoms with van der Waals surface area (Å²) in [6.07, 6.45) is 2.31. The molecule has 1 aromatic heterocycles. The monoisotopic (exact) mass is 317 g/mol. The van der Waals surface area contributed by atoms with Gasteiger partial charge in [0.15, 0.2) is 0 Å². The molecule has 0 bridgehead atoms. The molecular weight excluding hydrogens is 298 g/mol. The Morgan fingerprint density at radius 1 is 1.36 bits per heavy atom. The predicted octanol–water partition coefficient (Wildman–Crippen LogP) is 2.01. The molecule has 0 N–H and O–H groups in total. The van der Waals surface area contributed by atoms with Crippen LogP contribution in [0.5, 0.6) is 0 Å². The van der Waals surface area contributed by atoms with Crippen molar-refractivity contribution in [2.45, 2.75) is 24.9 Å². The highest BCUT2D eigenvalue weighted by molar-refractivity contribution is 7.99. The van der Waals surface area contributed by atoms with Crippen molar-refractivity contribution in [1.29, 1.82) is 0 Å². The molecule has 0 saturated carbocycles. The van der Waals surface area contributed by atoms with E-state index in [0.29, 0.717) is 16.8 Å². The molecule has 22 heavy (non-hydrogen) atoms. The number of hydrogen-bond donors (Lipinski definition) is 0. The van der Waals surface area contributed by atoms with Gasteiger partial charge in [0.05, 0.1) is 11.4 Å². The maximum absolute atomic E-state index is 12.3. The molecule has 2 heterocycles. The molecule has 1 amide bonds. The van der Waals surface area contributed by atoms with Gasteiger partial charge >= 0.3 is 0 Å². The molecule has 1 unspecified atom stereocenters. The van der Waals surface area contributed by atoms with E-state index in [1.807, 2.05) is 35.2 Å². The lowest BCUT2D eigenvalue weighted by Gasteiger charge is -2.30. The molecule has 116 valence electrons. The molecular formula is C15H19N5OS. The number of carbonyl (C=O) groups excluding carboxylic acids is 1. The van der Waals surface area contributed by atoms with E-state index in [0.717, 1.165) is 25.2 Å². The van der Waals surface area contributed by atoms with Gasteiger partial charge in [-0.3, -0.25) is 4.79 Å². The summed E-state index contributed by atoms with van der Waals surface area (Å²) in [5.41, 5.74) is 0.897. The largest absolute Gasteiger partial charge is 0.342 e. The van der Waals surface area contributed by atoms with Crippen LogP contribution in [0.3, 0.4) is 0 Å². The van der Waals surface area contributed by atoms with E-state index in [1.54, 1.807) is 4.68 Å². The van der Waals surface area contributed by atoms with Crippen LogP contribution in [-0.4, -0.2) is 49.9 Å². The molecule has 1 atom stereocenters. The van der Waals surface area contributed by atoms with E-state index in [1.165, 1.54) is 18.2 Å². The first-order chi connectivity index (χ1) is 10.7. The van der Waals surface area contributed by atoms with E-state index in [2.05, 4.69) is 22.4 Å². The molecule has 0 spiro atoms. The molecule has 0 radical (unpaired) electrons.